The van der Waals surface area contributed by atoms with E-state index in [4.69, 9.17) is 5.26 Å². The summed E-state index contributed by atoms with van der Waals surface area (Å²) in [5.74, 6) is -0.275. The van der Waals surface area contributed by atoms with Crippen LogP contribution in [0.1, 0.15) is 34.3 Å². The number of fused-ring (bicyclic) bond motifs is 1. The van der Waals surface area contributed by atoms with Crippen molar-refractivity contribution in [2.45, 2.75) is 25.4 Å². The van der Waals surface area contributed by atoms with Gasteiger partial charge in [-0.2, -0.15) is 5.26 Å². The number of hydrogen-bond donors (Lipinski definition) is 1. The van der Waals surface area contributed by atoms with Crippen molar-refractivity contribution in [1.82, 2.24) is 14.6 Å². The number of nitriles is 1. The third-order valence-electron chi connectivity index (χ3n) is 6.24. The smallest absolute Gasteiger partial charge is 0.267 e. The second-order valence-electron chi connectivity index (χ2n) is 8.51. The van der Waals surface area contributed by atoms with Crippen LogP contribution in [0.25, 0.3) is 5.52 Å². The predicted octanol–water partition coefficient (Wildman–Crippen LogP) is 2.39. The first-order valence-electron chi connectivity index (χ1n) is 11.0. The summed E-state index contributed by atoms with van der Waals surface area (Å²) in [7, 11) is 0. The number of carbonyl (C=O) groups excluding carboxylic acids is 1. The van der Waals surface area contributed by atoms with Crippen LogP contribution in [-0.4, -0.2) is 47.4 Å². The van der Waals surface area contributed by atoms with Gasteiger partial charge in [-0.05, 0) is 60.9 Å². The van der Waals surface area contributed by atoms with E-state index in [2.05, 4.69) is 21.2 Å². The standard InChI is InChI=1S/C25H25N5O2/c26-16-18-4-8-21(9-5-18)29-13-11-28(12-14-29)17-19-15-22(24(31)27-20-6-7-20)25(32)30-10-2-1-3-23(19)30/h1-5,8-10,15,20H,6-7,11-14,17H2,(H,27,31). The summed E-state index contributed by atoms with van der Waals surface area (Å²) in [4.78, 5) is 30.3. The summed E-state index contributed by atoms with van der Waals surface area (Å²) >= 11 is 0. The lowest BCUT2D eigenvalue weighted by molar-refractivity contribution is 0.0949. The number of anilines is 1. The van der Waals surface area contributed by atoms with Crippen molar-refractivity contribution in [3.8, 4) is 6.07 Å². The second-order valence-corrected chi connectivity index (χ2v) is 8.51. The van der Waals surface area contributed by atoms with E-state index in [1.165, 1.54) is 0 Å². The topological polar surface area (TPSA) is 80.8 Å². The summed E-state index contributed by atoms with van der Waals surface area (Å²) in [5, 5.41) is 11.9. The lowest BCUT2D eigenvalue weighted by atomic mass is 10.1. The van der Waals surface area contributed by atoms with Crippen LogP contribution in [0.4, 0.5) is 5.69 Å². The van der Waals surface area contributed by atoms with Crippen LogP contribution in [0, 0.1) is 11.3 Å². The number of aromatic nitrogens is 1. The molecular formula is C25H25N5O2. The fourth-order valence-electron chi connectivity index (χ4n) is 4.25. The zero-order valence-electron chi connectivity index (χ0n) is 17.8. The molecule has 0 spiro atoms. The van der Waals surface area contributed by atoms with Gasteiger partial charge in [-0.25, -0.2) is 0 Å². The number of hydrogen-bond acceptors (Lipinski definition) is 5. The van der Waals surface area contributed by atoms with Crippen LogP contribution < -0.4 is 15.8 Å². The van der Waals surface area contributed by atoms with Crippen molar-refractivity contribution < 1.29 is 4.79 Å². The first-order valence-corrected chi connectivity index (χ1v) is 11.0. The van der Waals surface area contributed by atoms with Crippen molar-refractivity contribution in [2.24, 2.45) is 0 Å². The van der Waals surface area contributed by atoms with E-state index < -0.39 is 0 Å². The van der Waals surface area contributed by atoms with E-state index in [-0.39, 0.29) is 23.1 Å². The Hall–Kier alpha value is -3.63. The van der Waals surface area contributed by atoms with Gasteiger partial charge in [0.1, 0.15) is 5.56 Å². The molecule has 1 aromatic carbocycles. The highest BCUT2D eigenvalue weighted by atomic mass is 16.2. The number of nitrogens with zero attached hydrogens (tertiary/aromatic N) is 4. The average molecular weight is 428 g/mol. The molecule has 0 bridgehead atoms. The molecule has 3 aromatic rings. The first-order chi connectivity index (χ1) is 15.6. The highest BCUT2D eigenvalue weighted by molar-refractivity contribution is 5.95. The van der Waals surface area contributed by atoms with Crippen molar-refractivity contribution in [3.05, 3.63) is 81.8 Å². The SMILES string of the molecule is N#Cc1ccc(N2CCN(Cc3cc(C(=O)NC4CC4)c(=O)n4ccccc34)CC2)cc1. The van der Waals surface area contributed by atoms with Gasteiger partial charge < -0.3 is 10.2 Å². The Morgan fingerprint density at radius 3 is 2.50 bits per heavy atom. The molecule has 5 rings (SSSR count). The van der Waals surface area contributed by atoms with E-state index in [1.54, 1.807) is 16.7 Å². The third-order valence-corrected chi connectivity index (χ3v) is 6.24. The molecule has 1 N–H and O–H groups in total. The van der Waals surface area contributed by atoms with Crippen LogP contribution in [0.3, 0.4) is 0 Å². The summed E-state index contributed by atoms with van der Waals surface area (Å²) < 4.78 is 1.59. The molecule has 2 fully saturated rings. The molecule has 1 amide bonds. The summed E-state index contributed by atoms with van der Waals surface area (Å²) in [5.41, 5.74) is 3.56. The average Bonchev–Trinajstić information content (AvgIpc) is 3.65. The van der Waals surface area contributed by atoms with Crippen LogP contribution in [0.15, 0.2) is 59.5 Å². The molecule has 2 aliphatic rings. The van der Waals surface area contributed by atoms with Crippen molar-refractivity contribution in [2.75, 3.05) is 31.1 Å². The van der Waals surface area contributed by atoms with Gasteiger partial charge in [-0.1, -0.05) is 6.07 Å². The number of rotatable bonds is 5. The van der Waals surface area contributed by atoms with E-state index in [1.807, 2.05) is 42.5 Å². The number of piperazine rings is 1. The van der Waals surface area contributed by atoms with Crippen molar-refractivity contribution in [3.63, 3.8) is 0 Å². The fraction of sp³-hybridized carbons (Fsp3) is 0.320. The number of carbonyl (C=O) groups is 1. The van der Waals surface area contributed by atoms with Crippen molar-refractivity contribution >= 4 is 17.1 Å². The Morgan fingerprint density at radius 1 is 1.06 bits per heavy atom. The molecule has 32 heavy (non-hydrogen) atoms. The molecular weight excluding hydrogens is 402 g/mol. The zero-order chi connectivity index (χ0) is 22.1. The van der Waals surface area contributed by atoms with Gasteiger partial charge in [0.15, 0.2) is 0 Å². The quantitative estimate of drug-likeness (QED) is 0.676. The molecule has 7 heteroatoms. The van der Waals surface area contributed by atoms with E-state index in [9.17, 15) is 9.59 Å². The van der Waals surface area contributed by atoms with Gasteiger partial charge in [0, 0.05) is 50.6 Å². The lowest BCUT2D eigenvalue weighted by Crippen LogP contribution is -2.46. The number of benzene rings is 1. The predicted molar refractivity (Wildman–Crippen MR) is 123 cm³/mol. The summed E-state index contributed by atoms with van der Waals surface area (Å²) in [6, 6.07) is 17.5. The molecule has 0 atom stereocenters. The number of nitrogens with one attached hydrogen (secondary N) is 1. The Labute approximate surface area is 186 Å². The maximum atomic E-state index is 12.9. The Morgan fingerprint density at radius 2 is 1.81 bits per heavy atom. The maximum absolute atomic E-state index is 12.9. The number of amides is 1. The molecule has 0 unspecified atom stereocenters. The highest BCUT2D eigenvalue weighted by Gasteiger charge is 2.26. The molecule has 1 aliphatic carbocycles. The van der Waals surface area contributed by atoms with Gasteiger partial charge in [-0.3, -0.25) is 18.9 Å². The molecule has 3 heterocycles. The normalized spacial score (nSPS) is 16.7. The third kappa shape index (κ3) is 4.10. The largest absolute Gasteiger partial charge is 0.369 e. The van der Waals surface area contributed by atoms with Gasteiger partial charge in [0.05, 0.1) is 17.1 Å². The van der Waals surface area contributed by atoms with Gasteiger partial charge in [0.2, 0.25) is 0 Å². The van der Waals surface area contributed by atoms with Crippen LogP contribution in [0.5, 0.6) is 0 Å². The molecule has 7 nitrogen and oxygen atoms in total. The molecule has 2 aromatic heterocycles. The van der Waals surface area contributed by atoms with Gasteiger partial charge >= 0.3 is 0 Å². The molecule has 1 aliphatic heterocycles. The molecule has 1 saturated heterocycles. The molecule has 162 valence electrons. The minimum Gasteiger partial charge on any atom is -0.369 e. The summed E-state index contributed by atoms with van der Waals surface area (Å²) in [6.45, 7) is 4.19. The number of pyridine rings is 2. The van der Waals surface area contributed by atoms with E-state index in [0.29, 0.717) is 12.1 Å². The molecule has 1 saturated carbocycles. The van der Waals surface area contributed by atoms with E-state index in [0.717, 1.165) is 55.8 Å². The Kier molecular flexibility index (Phi) is 5.38. The zero-order valence-corrected chi connectivity index (χ0v) is 17.8. The monoisotopic (exact) mass is 427 g/mol. The molecule has 0 radical (unpaired) electrons. The highest BCUT2D eigenvalue weighted by Crippen LogP contribution is 2.21. The fourth-order valence-corrected chi connectivity index (χ4v) is 4.25. The van der Waals surface area contributed by atoms with Gasteiger partial charge in [0.25, 0.3) is 11.5 Å². The minimum absolute atomic E-state index is 0.206. The van der Waals surface area contributed by atoms with Gasteiger partial charge in [-0.15, -0.1) is 0 Å². The second kappa shape index (κ2) is 8.48. The van der Waals surface area contributed by atoms with Crippen LogP contribution in [0.2, 0.25) is 0 Å². The summed E-state index contributed by atoms with van der Waals surface area (Å²) in [6.07, 6.45) is 3.70. The first kappa shape index (κ1) is 20.3. The Balaban J connectivity index is 1.34. The van der Waals surface area contributed by atoms with Crippen molar-refractivity contribution in [1.29, 1.82) is 5.26 Å². The Bertz CT molecular complexity index is 1250. The minimum atomic E-state index is -0.275. The van der Waals surface area contributed by atoms with Crippen LogP contribution in [-0.2, 0) is 6.54 Å². The lowest BCUT2D eigenvalue weighted by Gasteiger charge is -2.36. The van der Waals surface area contributed by atoms with E-state index >= 15 is 0 Å². The van der Waals surface area contributed by atoms with Crippen LogP contribution >= 0.6 is 0 Å². The maximum Gasteiger partial charge on any atom is 0.267 e.